The second-order valence-corrected chi connectivity index (χ2v) is 12.7. The van der Waals surface area contributed by atoms with Gasteiger partial charge >= 0.3 is 0 Å². The van der Waals surface area contributed by atoms with Crippen LogP contribution in [0.3, 0.4) is 0 Å². The summed E-state index contributed by atoms with van der Waals surface area (Å²) in [5.41, 5.74) is 1.11. The quantitative estimate of drug-likeness (QED) is 0.341. The van der Waals surface area contributed by atoms with Gasteiger partial charge in [0.1, 0.15) is 6.04 Å². The zero-order valence-electron chi connectivity index (χ0n) is 21.9. The van der Waals surface area contributed by atoms with Crippen LogP contribution in [0, 0.1) is 5.92 Å². The number of thiazole rings is 1. The van der Waals surface area contributed by atoms with Crippen LogP contribution in [0.1, 0.15) is 67.7 Å². The highest BCUT2D eigenvalue weighted by atomic mass is 32.2. The first kappa shape index (κ1) is 27.9. The second kappa shape index (κ2) is 11.3. The Kier molecular flexibility index (Phi) is 8.29. The van der Waals surface area contributed by atoms with Crippen LogP contribution in [-0.4, -0.2) is 59.5 Å². The molecular weight excluding hydrogens is 524 g/mol. The van der Waals surface area contributed by atoms with Crippen LogP contribution in [0.4, 0.5) is 5.13 Å². The van der Waals surface area contributed by atoms with Crippen LogP contribution in [-0.2, 0) is 14.8 Å². The highest BCUT2D eigenvalue weighted by Crippen LogP contribution is 2.31. The van der Waals surface area contributed by atoms with Crippen molar-refractivity contribution in [3.8, 4) is 0 Å². The molecule has 0 radical (unpaired) electrons. The predicted molar refractivity (Wildman–Crippen MR) is 148 cm³/mol. The van der Waals surface area contributed by atoms with Crippen molar-refractivity contribution < 1.29 is 22.8 Å². The number of hydrogen-bond donors (Lipinski definition) is 1. The van der Waals surface area contributed by atoms with Gasteiger partial charge in [0.05, 0.1) is 26.2 Å². The van der Waals surface area contributed by atoms with Gasteiger partial charge < -0.3 is 5.32 Å². The summed E-state index contributed by atoms with van der Waals surface area (Å²) in [6, 6.07) is 10.3. The Morgan fingerprint density at radius 2 is 1.63 bits per heavy atom. The maximum Gasteiger partial charge on any atom is 0.262 e. The van der Waals surface area contributed by atoms with Gasteiger partial charge in [0.25, 0.3) is 11.8 Å². The van der Waals surface area contributed by atoms with E-state index in [4.69, 9.17) is 0 Å². The molecule has 0 aliphatic carbocycles. The lowest BCUT2D eigenvalue weighted by atomic mass is 10.0. The van der Waals surface area contributed by atoms with Crippen LogP contribution >= 0.6 is 11.3 Å². The van der Waals surface area contributed by atoms with Gasteiger partial charge in [0.2, 0.25) is 15.9 Å². The molecule has 1 N–H and O–H groups in total. The number of imide groups is 1. The minimum Gasteiger partial charge on any atom is -0.300 e. The maximum absolute atomic E-state index is 13.4. The molecule has 1 atom stereocenters. The molecule has 0 spiro atoms. The molecule has 0 saturated carbocycles. The fraction of sp³-hybridized carbons (Fsp3) is 0.407. The molecule has 2 heterocycles. The number of fused-ring (bicyclic) bond motifs is 2. The molecule has 0 bridgehead atoms. The van der Waals surface area contributed by atoms with Crippen LogP contribution in [0.15, 0.2) is 47.4 Å². The molecule has 3 amide bonds. The third-order valence-electron chi connectivity index (χ3n) is 6.31. The summed E-state index contributed by atoms with van der Waals surface area (Å²) in [6.07, 6.45) is 1.71. The average molecular weight is 557 g/mol. The van der Waals surface area contributed by atoms with Gasteiger partial charge in [-0.1, -0.05) is 51.2 Å². The summed E-state index contributed by atoms with van der Waals surface area (Å²) in [6.45, 7) is 8.58. The summed E-state index contributed by atoms with van der Waals surface area (Å²) in [5.74, 6) is -1.46. The van der Waals surface area contributed by atoms with Crippen LogP contribution in [0.25, 0.3) is 10.2 Å². The zero-order valence-corrected chi connectivity index (χ0v) is 23.6. The molecule has 1 aliphatic rings. The van der Waals surface area contributed by atoms with E-state index in [1.54, 1.807) is 36.4 Å². The van der Waals surface area contributed by atoms with Gasteiger partial charge in [-0.15, -0.1) is 0 Å². The lowest BCUT2D eigenvalue weighted by Crippen LogP contribution is -2.47. The molecule has 1 aromatic heterocycles. The molecule has 1 aliphatic heterocycles. The van der Waals surface area contributed by atoms with E-state index in [2.05, 4.69) is 10.3 Å². The number of carbonyl (C=O) groups excluding carboxylic acids is 3. The number of anilines is 1. The van der Waals surface area contributed by atoms with E-state index in [1.165, 1.54) is 10.4 Å². The molecule has 1 unspecified atom stereocenters. The van der Waals surface area contributed by atoms with E-state index in [1.807, 2.05) is 27.7 Å². The lowest BCUT2D eigenvalue weighted by Gasteiger charge is -2.26. The number of benzene rings is 2. The van der Waals surface area contributed by atoms with Crippen molar-refractivity contribution in [1.29, 1.82) is 0 Å². The number of hydrogen-bond acceptors (Lipinski definition) is 7. The number of aromatic nitrogens is 1. The van der Waals surface area contributed by atoms with Crippen molar-refractivity contribution in [3.63, 3.8) is 0 Å². The summed E-state index contributed by atoms with van der Waals surface area (Å²) in [7, 11) is -3.66. The first-order valence-electron chi connectivity index (χ1n) is 12.8. The van der Waals surface area contributed by atoms with E-state index in [0.717, 1.165) is 16.2 Å². The maximum atomic E-state index is 13.4. The number of carbonyl (C=O) groups is 3. The van der Waals surface area contributed by atoms with E-state index < -0.39 is 33.8 Å². The fourth-order valence-electron chi connectivity index (χ4n) is 4.57. The SMILES string of the molecule is CCCN(CCC)S(=O)(=O)c1ccc2nc(NC(=O)C(CC(C)C)N3C(=O)c4ccccc4C3=O)sc2c1. The smallest absolute Gasteiger partial charge is 0.262 e. The normalized spacial score (nSPS) is 14.5. The standard InChI is InChI=1S/C27H32N4O5S2/c1-5-13-30(14-6-2)38(35,36)18-11-12-21-23(16-18)37-27(28-21)29-24(32)22(15-17(3)4)31-25(33)19-9-7-8-10-20(19)26(31)34/h7-12,16-17,22H,5-6,13-15H2,1-4H3,(H,28,29,32). The second-order valence-electron chi connectivity index (χ2n) is 9.71. The number of sulfonamides is 1. The van der Waals surface area contributed by atoms with Crippen LogP contribution in [0.2, 0.25) is 0 Å². The summed E-state index contributed by atoms with van der Waals surface area (Å²) in [4.78, 5) is 45.2. The molecule has 0 fully saturated rings. The number of amides is 3. The Hall–Kier alpha value is -3.15. The van der Waals surface area contributed by atoms with Crippen LogP contribution in [0.5, 0.6) is 0 Å². The molecular formula is C27H32N4O5S2. The van der Waals surface area contributed by atoms with Gasteiger partial charge in [0, 0.05) is 13.1 Å². The number of nitrogens with zero attached hydrogens (tertiary/aromatic N) is 3. The van der Waals surface area contributed by atoms with Crippen molar-refractivity contribution in [2.24, 2.45) is 5.92 Å². The molecule has 11 heteroatoms. The molecule has 0 saturated heterocycles. The van der Waals surface area contributed by atoms with Gasteiger partial charge in [0.15, 0.2) is 5.13 Å². The first-order chi connectivity index (χ1) is 18.1. The van der Waals surface area contributed by atoms with Crippen LogP contribution < -0.4 is 5.32 Å². The van der Waals surface area contributed by atoms with Crippen molar-refractivity contribution in [2.75, 3.05) is 18.4 Å². The molecule has 3 aromatic rings. The van der Waals surface area contributed by atoms with Gasteiger partial charge in [-0.25, -0.2) is 13.4 Å². The van der Waals surface area contributed by atoms with Crippen molar-refractivity contribution in [1.82, 2.24) is 14.2 Å². The summed E-state index contributed by atoms with van der Waals surface area (Å²) >= 11 is 1.15. The lowest BCUT2D eigenvalue weighted by molar-refractivity contribution is -0.120. The van der Waals surface area contributed by atoms with Gasteiger partial charge in [-0.3, -0.25) is 19.3 Å². The Bertz CT molecular complexity index is 1440. The highest BCUT2D eigenvalue weighted by Gasteiger charge is 2.43. The molecule has 2 aromatic carbocycles. The van der Waals surface area contributed by atoms with E-state index in [-0.39, 0.29) is 33.5 Å². The molecule has 202 valence electrons. The largest absolute Gasteiger partial charge is 0.300 e. The third-order valence-corrected chi connectivity index (χ3v) is 9.14. The summed E-state index contributed by atoms with van der Waals surface area (Å²) in [5, 5.41) is 3.03. The Morgan fingerprint density at radius 3 is 2.18 bits per heavy atom. The Balaban J connectivity index is 1.60. The van der Waals surface area contributed by atoms with E-state index in [9.17, 15) is 22.8 Å². The van der Waals surface area contributed by atoms with Crippen molar-refractivity contribution in [3.05, 3.63) is 53.6 Å². The minimum absolute atomic E-state index is 0.0346. The third kappa shape index (κ3) is 5.36. The minimum atomic E-state index is -3.66. The predicted octanol–water partition coefficient (Wildman–Crippen LogP) is 4.76. The summed E-state index contributed by atoms with van der Waals surface area (Å²) < 4.78 is 28.5. The number of rotatable bonds is 11. The molecule has 9 nitrogen and oxygen atoms in total. The van der Waals surface area contributed by atoms with Gasteiger partial charge in [-0.2, -0.15) is 4.31 Å². The zero-order chi connectivity index (χ0) is 27.6. The van der Waals surface area contributed by atoms with Crippen molar-refractivity contribution in [2.45, 2.75) is 57.9 Å². The molecule has 38 heavy (non-hydrogen) atoms. The average Bonchev–Trinajstić information content (AvgIpc) is 3.39. The van der Waals surface area contributed by atoms with Crippen molar-refractivity contribution >= 4 is 54.4 Å². The fourth-order valence-corrected chi connectivity index (χ4v) is 7.21. The Morgan fingerprint density at radius 1 is 1.03 bits per heavy atom. The number of nitrogens with one attached hydrogen (secondary N) is 1. The monoisotopic (exact) mass is 556 g/mol. The van der Waals surface area contributed by atoms with Gasteiger partial charge in [-0.05, 0) is 55.5 Å². The molecule has 4 rings (SSSR count). The first-order valence-corrected chi connectivity index (χ1v) is 15.0. The Labute approximate surface area is 226 Å². The van der Waals surface area contributed by atoms with E-state index in [0.29, 0.717) is 36.1 Å². The topological polar surface area (TPSA) is 117 Å². The highest BCUT2D eigenvalue weighted by molar-refractivity contribution is 7.89. The van der Waals surface area contributed by atoms with E-state index >= 15 is 0 Å².